The molecule has 1 aromatic rings. The van der Waals surface area contributed by atoms with Gasteiger partial charge in [0.1, 0.15) is 10.8 Å². The molecule has 0 saturated carbocycles. The largest absolute Gasteiger partial charge is 0.444 e. The lowest BCUT2D eigenvalue weighted by Crippen LogP contribution is -2.35. The highest BCUT2D eigenvalue weighted by Crippen LogP contribution is 2.23. The molecular formula is C15H22ClN3O4S. The van der Waals surface area contributed by atoms with Crippen LogP contribution in [0.15, 0.2) is 11.2 Å². The van der Waals surface area contributed by atoms with Gasteiger partial charge in [0.2, 0.25) is 15.0 Å². The average molecular weight is 376 g/mol. The number of likely N-dealkylation sites (tertiary alicyclic amines) is 1. The Morgan fingerprint density at radius 1 is 1.42 bits per heavy atom. The highest BCUT2D eigenvalue weighted by molar-refractivity contribution is 7.91. The quantitative estimate of drug-likeness (QED) is 0.595. The number of nitrogens with zero attached hydrogens (tertiary/aromatic N) is 3. The molecule has 0 aliphatic carbocycles. The van der Waals surface area contributed by atoms with E-state index < -0.39 is 21.5 Å². The van der Waals surface area contributed by atoms with E-state index in [1.807, 2.05) is 0 Å². The van der Waals surface area contributed by atoms with Crippen LogP contribution in [0.5, 0.6) is 0 Å². The molecule has 1 aliphatic rings. The second kappa shape index (κ2) is 6.84. The molecule has 2 rings (SSSR count). The second-order valence-electron chi connectivity index (χ2n) is 6.98. The van der Waals surface area contributed by atoms with E-state index >= 15 is 0 Å². The molecule has 9 heteroatoms. The average Bonchev–Trinajstić information content (AvgIpc) is 2.83. The number of amides is 1. The molecule has 1 aliphatic heterocycles. The molecule has 0 unspecified atom stereocenters. The molecule has 1 aromatic heterocycles. The molecule has 134 valence electrons. The van der Waals surface area contributed by atoms with E-state index in [1.165, 1.54) is 11.0 Å². The minimum atomic E-state index is -3.66. The third-order valence-corrected chi connectivity index (χ3v) is 5.32. The second-order valence-corrected chi connectivity index (χ2v) is 9.29. The van der Waals surface area contributed by atoms with E-state index in [1.54, 1.807) is 27.7 Å². The van der Waals surface area contributed by atoms with Crippen molar-refractivity contribution in [3.8, 4) is 0 Å². The van der Waals surface area contributed by atoms with Gasteiger partial charge in [0.25, 0.3) is 0 Å². The first kappa shape index (κ1) is 18.9. The number of halogens is 1. The van der Waals surface area contributed by atoms with Crippen molar-refractivity contribution in [3.05, 3.63) is 16.9 Å². The number of aryl methyl sites for hydroxylation is 1. The molecule has 24 heavy (non-hydrogen) atoms. The predicted octanol–water partition coefficient (Wildman–Crippen LogP) is 2.47. The van der Waals surface area contributed by atoms with Crippen LogP contribution < -0.4 is 0 Å². The molecule has 0 radical (unpaired) electrons. The summed E-state index contributed by atoms with van der Waals surface area (Å²) in [5, 5.41) is -0.161. The van der Waals surface area contributed by atoms with E-state index in [0.29, 0.717) is 25.2 Å². The van der Waals surface area contributed by atoms with Gasteiger partial charge in [-0.1, -0.05) is 11.6 Å². The molecule has 0 bridgehead atoms. The van der Waals surface area contributed by atoms with Gasteiger partial charge in [-0.25, -0.2) is 23.2 Å². The monoisotopic (exact) mass is 375 g/mol. The molecule has 7 nitrogen and oxygen atoms in total. The zero-order valence-corrected chi connectivity index (χ0v) is 15.8. The number of rotatable bonds is 3. The number of aromatic nitrogens is 2. The summed E-state index contributed by atoms with van der Waals surface area (Å²) >= 11 is 5.81. The Bertz CT molecular complexity index is 710. The Morgan fingerprint density at radius 3 is 2.67 bits per heavy atom. The molecular weight excluding hydrogens is 354 g/mol. The topological polar surface area (TPSA) is 89.5 Å². The molecule has 1 amide bonds. The van der Waals surface area contributed by atoms with Crippen molar-refractivity contribution in [2.24, 2.45) is 5.92 Å². The fourth-order valence-electron chi connectivity index (χ4n) is 2.49. The Labute approximate surface area is 147 Å². The predicted molar refractivity (Wildman–Crippen MR) is 89.7 cm³/mol. The van der Waals surface area contributed by atoms with Crippen molar-refractivity contribution in [2.75, 3.05) is 18.8 Å². The van der Waals surface area contributed by atoms with Crippen LogP contribution in [0.4, 0.5) is 4.79 Å². The third-order valence-electron chi connectivity index (χ3n) is 3.47. The van der Waals surface area contributed by atoms with Crippen LogP contribution in [0.2, 0.25) is 5.15 Å². The van der Waals surface area contributed by atoms with Crippen molar-refractivity contribution in [3.63, 3.8) is 0 Å². The molecule has 1 fully saturated rings. The van der Waals surface area contributed by atoms with E-state index in [9.17, 15) is 13.2 Å². The molecule has 0 spiro atoms. The Balaban J connectivity index is 2.03. The lowest BCUT2D eigenvalue weighted by atomic mass is 10.2. The number of ether oxygens (including phenoxy) is 1. The standard InChI is InChI=1S/C15H22ClN3O4S/c1-10-7-12(16)18-13(17-10)24(21,22)9-11-5-6-19(8-11)14(20)23-15(2,3)4/h7,11H,5-6,8-9H2,1-4H3/t11-/m0/s1. The smallest absolute Gasteiger partial charge is 0.410 e. The van der Waals surface area contributed by atoms with Gasteiger partial charge in [-0.15, -0.1) is 0 Å². The van der Waals surface area contributed by atoms with Gasteiger partial charge in [-0.2, -0.15) is 0 Å². The zero-order chi connectivity index (χ0) is 18.1. The fourth-order valence-corrected chi connectivity index (χ4v) is 4.34. The molecule has 1 saturated heterocycles. The minimum absolute atomic E-state index is 0.0999. The van der Waals surface area contributed by atoms with Gasteiger partial charge in [0.15, 0.2) is 0 Å². The Kier molecular flexibility index (Phi) is 5.39. The molecule has 0 N–H and O–H groups in total. The molecule has 2 heterocycles. The van der Waals surface area contributed by atoms with E-state index in [4.69, 9.17) is 16.3 Å². The summed E-state index contributed by atoms with van der Waals surface area (Å²) in [7, 11) is -3.66. The number of sulfone groups is 1. The first-order valence-electron chi connectivity index (χ1n) is 7.68. The summed E-state index contributed by atoms with van der Waals surface area (Å²) in [4.78, 5) is 21.4. The van der Waals surface area contributed by atoms with Crippen LogP contribution in [0.3, 0.4) is 0 Å². The minimum Gasteiger partial charge on any atom is -0.444 e. The van der Waals surface area contributed by atoms with Gasteiger partial charge >= 0.3 is 6.09 Å². The number of carbonyl (C=O) groups is 1. The van der Waals surface area contributed by atoms with Gasteiger partial charge < -0.3 is 9.64 Å². The van der Waals surface area contributed by atoms with Crippen LogP contribution >= 0.6 is 11.6 Å². The lowest BCUT2D eigenvalue weighted by Gasteiger charge is -2.24. The van der Waals surface area contributed by atoms with E-state index in [0.717, 1.165) is 0 Å². The first-order chi connectivity index (χ1) is 11.0. The summed E-state index contributed by atoms with van der Waals surface area (Å²) in [5.41, 5.74) is -0.0803. The van der Waals surface area contributed by atoms with Crippen LogP contribution in [0, 0.1) is 12.8 Å². The van der Waals surface area contributed by atoms with Crippen LogP contribution in [-0.2, 0) is 14.6 Å². The zero-order valence-electron chi connectivity index (χ0n) is 14.2. The van der Waals surface area contributed by atoms with Gasteiger partial charge in [-0.05, 0) is 46.1 Å². The lowest BCUT2D eigenvalue weighted by molar-refractivity contribution is 0.0289. The number of hydrogen-bond acceptors (Lipinski definition) is 6. The van der Waals surface area contributed by atoms with E-state index in [-0.39, 0.29) is 22.0 Å². The summed E-state index contributed by atoms with van der Waals surface area (Å²) in [6, 6.07) is 1.50. The van der Waals surface area contributed by atoms with E-state index in [2.05, 4.69) is 9.97 Å². The van der Waals surface area contributed by atoms with Crippen LogP contribution in [0.25, 0.3) is 0 Å². The van der Waals surface area contributed by atoms with Gasteiger partial charge in [0.05, 0.1) is 5.75 Å². The SMILES string of the molecule is Cc1cc(Cl)nc(S(=O)(=O)C[C@H]2CCN(C(=O)OC(C)(C)C)C2)n1. The maximum atomic E-state index is 12.5. The number of carbonyl (C=O) groups excluding carboxylic acids is 1. The van der Waals surface area contributed by atoms with Gasteiger partial charge in [-0.3, -0.25) is 0 Å². The number of hydrogen-bond donors (Lipinski definition) is 0. The maximum Gasteiger partial charge on any atom is 0.410 e. The van der Waals surface area contributed by atoms with Crippen LogP contribution in [-0.4, -0.2) is 53.8 Å². The Morgan fingerprint density at radius 2 is 2.08 bits per heavy atom. The van der Waals surface area contributed by atoms with Crippen LogP contribution in [0.1, 0.15) is 32.9 Å². The third kappa shape index (κ3) is 5.04. The fraction of sp³-hybridized carbons (Fsp3) is 0.667. The van der Waals surface area contributed by atoms with Crippen molar-refractivity contribution < 1.29 is 17.9 Å². The van der Waals surface area contributed by atoms with Crippen molar-refractivity contribution in [1.29, 1.82) is 0 Å². The summed E-state index contributed by atoms with van der Waals surface area (Å²) < 4.78 is 30.3. The first-order valence-corrected chi connectivity index (χ1v) is 9.71. The van der Waals surface area contributed by atoms with Crippen molar-refractivity contribution >= 4 is 27.5 Å². The van der Waals surface area contributed by atoms with Crippen molar-refractivity contribution in [1.82, 2.24) is 14.9 Å². The normalized spacial score (nSPS) is 18.7. The molecule has 0 aromatic carbocycles. The van der Waals surface area contributed by atoms with Gasteiger partial charge in [0, 0.05) is 18.8 Å². The van der Waals surface area contributed by atoms with Crippen molar-refractivity contribution in [2.45, 2.75) is 44.9 Å². The summed E-state index contributed by atoms with van der Waals surface area (Å²) in [6.07, 6.45) is 0.176. The summed E-state index contributed by atoms with van der Waals surface area (Å²) in [6.45, 7) is 7.86. The Hall–Kier alpha value is -1.41. The summed E-state index contributed by atoms with van der Waals surface area (Å²) in [5.74, 6) is -0.295. The molecule has 1 atom stereocenters. The maximum absolute atomic E-state index is 12.5. The highest BCUT2D eigenvalue weighted by Gasteiger charge is 2.33. The highest BCUT2D eigenvalue weighted by atomic mass is 35.5.